The second-order valence-corrected chi connectivity index (χ2v) is 4.92. The molecule has 1 aliphatic carbocycles. The fourth-order valence-corrected chi connectivity index (χ4v) is 2.54. The molecule has 0 bridgehead atoms. The van der Waals surface area contributed by atoms with Gasteiger partial charge in [-0.05, 0) is 30.7 Å². The molecule has 2 unspecified atom stereocenters. The second-order valence-electron chi connectivity index (χ2n) is 4.92. The number of nitriles is 1. The van der Waals surface area contributed by atoms with Gasteiger partial charge in [0.2, 0.25) is 0 Å². The number of aromatic nitrogens is 2. The topological polar surface area (TPSA) is 61.6 Å². The second kappa shape index (κ2) is 5.62. The van der Waals surface area contributed by atoms with E-state index in [9.17, 15) is 0 Å². The lowest BCUT2D eigenvalue weighted by molar-refractivity contribution is 0.293. The Labute approximate surface area is 102 Å². The van der Waals surface area contributed by atoms with Gasteiger partial charge in [0.05, 0.1) is 11.8 Å². The average Bonchev–Trinajstić information content (AvgIpc) is 2.37. The Balaban J connectivity index is 1.91. The van der Waals surface area contributed by atoms with E-state index in [4.69, 9.17) is 5.26 Å². The van der Waals surface area contributed by atoms with Crippen LogP contribution in [0.1, 0.15) is 38.2 Å². The predicted octanol–water partition coefficient (Wildman–Crippen LogP) is 2.59. The average molecular weight is 230 g/mol. The van der Waals surface area contributed by atoms with Crippen molar-refractivity contribution >= 4 is 5.82 Å². The fourth-order valence-electron chi connectivity index (χ4n) is 2.54. The highest BCUT2D eigenvalue weighted by Crippen LogP contribution is 2.28. The Morgan fingerprint density at radius 1 is 1.53 bits per heavy atom. The molecule has 0 saturated heterocycles. The highest BCUT2D eigenvalue weighted by atomic mass is 15.2. The first-order valence-corrected chi connectivity index (χ1v) is 6.25. The van der Waals surface area contributed by atoms with Crippen LogP contribution < -0.4 is 5.32 Å². The molecule has 17 heavy (non-hydrogen) atoms. The third-order valence-corrected chi connectivity index (χ3v) is 3.44. The van der Waals surface area contributed by atoms with Gasteiger partial charge in [0.15, 0.2) is 5.82 Å². The van der Waals surface area contributed by atoms with Crippen LogP contribution in [0.4, 0.5) is 5.82 Å². The Morgan fingerprint density at radius 2 is 2.41 bits per heavy atom. The van der Waals surface area contributed by atoms with Gasteiger partial charge in [0.1, 0.15) is 6.07 Å². The smallest absolute Gasteiger partial charge is 0.166 e. The summed E-state index contributed by atoms with van der Waals surface area (Å²) in [5.74, 6) is 2.15. The number of hydrogen-bond donors (Lipinski definition) is 1. The summed E-state index contributed by atoms with van der Waals surface area (Å²) in [7, 11) is 0. The summed E-state index contributed by atoms with van der Waals surface area (Å²) in [4.78, 5) is 0. The molecule has 0 spiro atoms. The van der Waals surface area contributed by atoms with Crippen molar-refractivity contribution in [2.45, 2.75) is 32.6 Å². The Hall–Kier alpha value is -1.63. The molecule has 0 aliphatic heterocycles. The fraction of sp³-hybridized carbons (Fsp3) is 0.615. The van der Waals surface area contributed by atoms with Gasteiger partial charge in [0.25, 0.3) is 0 Å². The van der Waals surface area contributed by atoms with Gasteiger partial charge in [-0.3, -0.25) is 0 Å². The minimum Gasteiger partial charge on any atom is -0.367 e. The van der Waals surface area contributed by atoms with Crippen molar-refractivity contribution in [2.24, 2.45) is 11.8 Å². The van der Waals surface area contributed by atoms with Crippen LogP contribution in [-0.4, -0.2) is 16.7 Å². The predicted molar refractivity (Wildman–Crippen MR) is 66.4 cm³/mol. The molecule has 1 heterocycles. The maximum atomic E-state index is 8.94. The summed E-state index contributed by atoms with van der Waals surface area (Å²) in [5.41, 5.74) is 0.573. The van der Waals surface area contributed by atoms with E-state index in [1.165, 1.54) is 25.7 Å². The summed E-state index contributed by atoms with van der Waals surface area (Å²) in [6.07, 6.45) is 6.77. The van der Waals surface area contributed by atoms with Crippen molar-refractivity contribution < 1.29 is 0 Å². The van der Waals surface area contributed by atoms with E-state index in [1.54, 1.807) is 12.3 Å². The van der Waals surface area contributed by atoms with Gasteiger partial charge < -0.3 is 5.32 Å². The largest absolute Gasteiger partial charge is 0.367 e. The standard InChI is InChI=1S/C13H18N4/c1-10-3-2-4-11(7-10)9-15-13-12(8-14)5-6-16-17-13/h5-6,10-11H,2-4,7,9H2,1H3,(H,15,17). The van der Waals surface area contributed by atoms with E-state index in [2.05, 4.69) is 28.5 Å². The van der Waals surface area contributed by atoms with Gasteiger partial charge >= 0.3 is 0 Å². The Morgan fingerprint density at radius 3 is 3.18 bits per heavy atom. The minimum atomic E-state index is 0.573. The number of hydrogen-bond acceptors (Lipinski definition) is 4. The quantitative estimate of drug-likeness (QED) is 0.867. The van der Waals surface area contributed by atoms with Crippen molar-refractivity contribution in [3.63, 3.8) is 0 Å². The van der Waals surface area contributed by atoms with E-state index in [-0.39, 0.29) is 0 Å². The maximum absolute atomic E-state index is 8.94. The van der Waals surface area contributed by atoms with Gasteiger partial charge in [-0.2, -0.15) is 10.4 Å². The van der Waals surface area contributed by atoms with E-state index in [1.807, 2.05) is 0 Å². The summed E-state index contributed by atoms with van der Waals surface area (Å²) in [6, 6.07) is 3.82. The third kappa shape index (κ3) is 3.16. The van der Waals surface area contributed by atoms with Gasteiger partial charge in [-0.1, -0.05) is 19.8 Å². The molecule has 0 amide bonds. The molecule has 1 aliphatic rings. The zero-order chi connectivity index (χ0) is 12.1. The SMILES string of the molecule is CC1CCCC(CNc2nnccc2C#N)C1. The van der Waals surface area contributed by atoms with Gasteiger partial charge in [0, 0.05) is 6.54 Å². The first-order valence-electron chi connectivity index (χ1n) is 6.25. The summed E-state index contributed by atoms with van der Waals surface area (Å²) in [6.45, 7) is 3.22. The van der Waals surface area contributed by atoms with Crippen LogP contribution in [0, 0.1) is 23.2 Å². The number of rotatable bonds is 3. The number of nitrogens with zero attached hydrogens (tertiary/aromatic N) is 3. The number of anilines is 1. The highest BCUT2D eigenvalue weighted by Gasteiger charge is 2.18. The molecule has 2 rings (SSSR count). The van der Waals surface area contributed by atoms with E-state index in [0.717, 1.165) is 12.5 Å². The zero-order valence-corrected chi connectivity index (χ0v) is 10.2. The van der Waals surface area contributed by atoms with E-state index >= 15 is 0 Å². The maximum Gasteiger partial charge on any atom is 0.166 e. The highest BCUT2D eigenvalue weighted by molar-refractivity contribution is 5.50. The number of nitrogens with one attached hydrogen (secondary N) is 1. The molecule has 1 aromatic heterocycles. The molecule has 4 nitrogen and oxygen atoms in total. The molecule has 1 fully saturated rings. The lowest BCUT2D eigenvalue weighted by atomic mass is 9.82. The summed E-state index contributed by atoms with van der Waals surface area (Å²) >= 11 is 0. The van der Waals surface area contributed by atoms with Crippen LogP contribution in [0.15, 0.2) is 12.3 Å². The monoisotopic (exact) mass is 230 g/mol. The molecule has 2 atom stereocenters. The first-order chi connectivity index (χ1) is 8.29. The van der Waals surface area contributed by atoms with Crippen LogP contribution in [0.5, 0.6) is 0 Å². The summed E-state index contributed by atoms with van der Waals surface area (Å²) < 4.78 is 0. The third-order valence-electron chi connectivity index (χ3n) is 3.44. The molecule has 1 aromatic rings. The van der Waals surface area contributed by atoms with Crippen LogP contribution in [0.2, 0.25) is 0 Å². The van der Waals surface area contributed by atoms with Gasteiger partial charge in [-0.25, -0.2) is 0 Å². The molecule has 1 N–H and O–H groups in total. The lowest BCUT2D eigenvalue weighted by Crippen LogP contribution is -2.21. The molecule has 1 saturated carbocycles. The normalized spacial score (nSPS) is 24.0. The van der Waals surface area contributed by atoms with E-state index in [0.29, 0.717) is 17.3 Å². The van der Waals surface area contributed by atoms with Crippen LogP contribution in [0.25, 0.3) is 0 Å². The first kappa shape index (κ1) is 11.8. The van der Waals surface area contributed by atoms with E-state index < -0.39 is 0 Å². The van der Waals surface area contributed by atoms with Crippen LogP contribution >= 0.6 is 0 Å². The van der Waals surface area contributed by atoms with Crippen molar-refractivity contribution in [3.8, 4) is 6.07 Å². The van der Waals surface area contributed by atoms with Crippen LogP contribution in [0.3, 0.4) is 0 Å². The zero-order valence-electron chi connectivity index (χ0n) is 10.2. The van der Waals surface area contributed by atoms with Crippen molar-refractivity contribution in [2.75, 3.05) is 11.9 Å². The molecular weight excluding hydrogens is 212 g/mol. The van der Waals surface area contributed by atoms with Crippen LogP contribution in [-0.2, 0) is 0 Å². The molecular formula is C13H18N4. The van der Waals surface area contributed by atoms with Crippen molar-refractivity contribution in [3.05, 3.63) is 17.8 Å². The summed E-state index contributed by atoms with van der Waals surface area (Å²) in [5, 5.41) is 20.0. The molecule has 0 aromatic carbocycles. The minimum absolute atomic E-state index is 0.573. The molecule has 4 heteroatoms. The molecule has 0 radical (unpaired) electrons. The van der Waals surface area contributed by atoms with Crippen molar-refractivity contribution in [1.29, 1.82) is 5.26 Å². The molecule has 90 valence electrons. The van der Waals surface area contributed by atoms with Gasteiger partial charge in [-0.15, -0.1) is 5.10 Å². The van der Waals surface area contributed by atoms with Crippen molar-refractivity contribution in [1.82, 2.24) is 10.2 Å². The Bertz CT molecular complexity index is 410. The Kier molecular flexibility index (Phi) is 3.92. The lowest BCUT2D eigenvalue weighted by Gasteiger charge is -2.26.